The molecule has 9 nitrogen and oxygen atoms in total. The van der Waals surface area contributed by atoms with Crippen LogP contribution in [0.15, 0.2) is 42.6 Å². The van der Waals surface area contributed by atoms with Crippen molar-refractivity contribution < 1.29 is 19.6 Å². The largest absolute Gasteiger partial charge is 0.439 e. The Morgan fingerprint density at radius 1 is 1.03 bits per heavy atom. The van der Waals surface area contributed by atoms with Crippen LogP contribution in [-0.4, -0.2) is 40.6 Å². The lowest BCUT2D eigenvalue weighted by Gasteiger charge is -2.48. The Morgan fingerprint density at radius 2 is 1.67 bits per heavy atom. The summed E-state index contributed by atoms with van der Waals surface area (Å²) < 4.78 is 5.81. The van der Waals surface area contributed by atoms with Crippen LogP contribution in [0.4, 0.5) is 5.69 Å². The minimum Gasteiger partial charge on any atom is -0.439 e. The predicted octanol–water partition coefficient (Wildman–Crippen LogP) is 5.52. The summed E-state index contributed by atoms with van der Waals surface area (Å²) in [6.45, 7) is 1.02. The van der Waals surface area contributed by atoms with E-state index in [-0.39, 0.29) is 31.3 Å². The fourth-order valence-corrected chi connectivity index (χ4v) is 6.75. The predicted molar refractivity (Wildman–Crippen MR) is 149 cm³/mol. The van der Waals surface area contributed by atoms with Gasteiger partial charge in [-0.1, -0.05) is 56.7 Å². The third-order valence-corrected chi connectivity index (χ3v) is 8.62. The summed E-state index contributed by atoms with van der Waals surface area (Å²) in [5.74, 6) is 1.61. The van der Waals surface area contributed by atoms with Crippen molar-refractivity contribution >= 4 is 11.6 Å². The Morgan fingerprint density at radius 3 is 2.26 bits per heavy atom. The van der Waals surface area contributed by atoms with Crippen molar-refractivity contribution in [2.75, 3.05) is 19.7 Å². The van der Waals surface area contributed by atoms with Crippen molar-refractivity contribution in [1.29, 1.82) is 0 Å². The van der Waals surface area contributed by atoms with Gasteiger partial charge in [0.1, 0.15) is 11.9 Å². The summed E-state index contributed by atoms with van der Waals surface area (Å²) in [6.07, 6.45) is 13.1. The number of aliphatic hydroxyl groups excluding tert-OH is 1. The van der Waals surface area contributed by atoms with Gasteiger partial charge in [-0.05, 0) is 62.6 Å². The minimum atomic E-state index is -0.491. The summed E-state index contributed by atoms with van der Waals surface area (Å²) in [7, 11) is 0. The van der Waals surface area contributed by atoms with Crippen molar-refractivity contribution in [1.82, 2.24) is 15.6 Å². The maximum Gasteiger partial charge on any atom is 0.292 e. The lowest BCUT2D eigenvalue weighted by Crippen LogP contribution is -2.53. The van der Waals surface area contributed by atoms with Crippen LogP contribution in [0.1, 0.15) is 76.2 Å². The van der Waals surface area contributed by atoms with E-state index in [4.69, 9.17) is 4.74 Å². The zero-order chi connectivity index (χ0) is 27.5. The normalized spacial score (nSPS) is 17.1. The lowest BCUT2D eigenvalue weighted by molar-refractivity contribution is -0.385. The SMILES string of the molecule is O=C(NCCO)C(CCNCc1cc(Oc2ccccc2)ncc1[N+](=O)[O-])(C1CCCCC1)C1CCCCC1. The highest BCUT2D eigenvalue weighted by Crippen LogP contribution is 2.51. The van der Waals surface area contributed by atoms with Gasteiger partial charge >= 0.3 is 0 Å². The first-order chi connectivity index (χ1) is 19.0. The molecule has 1 heterocycles. The van der Waals surface area contributed by atoms with Crippen LogP contribution in [0.5, 0.6) is 11.6 Å². The van der Waals surface area contributed by atoms with Crippen molar-refractivity contribution in [2.45, 2.75) is 77.2 Å². The number of amides is 1. The molecule has 0 spiro atoms. The number of hydrogen-bond acceptors (Lipinski definition) is 7. The van der Waals surface area contributed by atoms with Crippen LogP contribution in [-0.2, 0) is 11.3 Å². The molecule has 1 aromatic carbocycles. The Hall–Kier alpha value is -3.04. The number of pyridine rings is 1. The maximum absolute atomic E-state index is 13.9. The molecule has 0 unspecified atom stereocenters. The van der Waals surface area contributed by atoms with Crippen LogP contribution in [0, 0.1) is 27.4 Å². The van der Waals surface area contributed by atoms with E-state index in [1.807, 2.05) is 18.2 Å². The Balaban J connectivity index is 1.51. The smallest absolute Gasteiger partial charge is 0.292 e. The number of benzene rings is 1. The fraction of sp³-hybridized carbons (Fsp3) is 0.600. The molecule has 4 rings (SSSR count). The monoisotopic (exact) mass is 538 g/mol. The number of aromatic nitrogens is 1. The van der Waals surface area contributed by atoms with E-state index in [1.54, 1.807) is 18.2 Å². The van der Waals surface area contributed by atoms with Gasteiger partial charge in [0, 0.05) is 19.2 Å². The molecule has 0 saturated heterocycles. The van der Waals surface area contributed by atoms with Crippen LogP contribution in [0.2, 0.25) is 0 Å². The third kappa shape index (κ3) is 7.33. The molecule has 212 valence electrons. The zero-order valence-corrected chi connectivity index (χ0v) is 22.8. The number of nitro groups is 1. The Bertz CT molecular complexity index is 1050. The number of ether oxygens (including phenoxy) is 1. The first kappa shape index (κ1) is 29.0. The first-order valence-electron chi connectivity index (χ1n) is 14.5. The van der Waals surface area contributed by atoms with Gasteiger partial charge in [0.2, 0.25) is 11.8 Å². The lowest BCUT2D eigenvalue weighted by atomic mass is 9.56. The number of carbonyl (C=O) groups is 1. The highest BCUT2D eigenvalue weighted by atomic mass is 16.6. The molecule has 2 saturated carbocycles. The molecular weight excluding hydrogens is 496 g/mol. The standard InChI is InChI=1S/C30H42N4O5/c35-19-18-32-29(36)30(24-10-4-1-5-11-24,25-12-6-2-7-13-25)16-17-31-21-23-20-28(33-22-27(23)34(37)38)39-26-14-8-3-9-15-26/h3,8-9,14-15,20,22,24-25,31,35H,1-2,4-7,10-13,16-19,21H2,(H,32,36). The molecule has 2 fully saturated rings. The quantitative estimate of drug-likeness (QED) is 0.174. The molecule has 0 bridgehead atoms. The number of carbonyl (C=O) groups excluding carboxylic acids is 1. The molecule has 9 heteroatoms. The Labute approximate surface area is 230 Å². The van der Waals surface area contributed by atoms with Crippen molar-refractivity contribution in [3.05, 3.63) is 58.3 Å². The molecule has 39 heavy (non-hydrogen) atoms. The molecule has 1 aromatic heterocycles. The number of aliphatic hydroxyl groups is 1. The van der Waals surface area contributed by atoms with E-state index in [9.17, 15) is 20.0 Å². The summed E-state index contributed by atoms with van der Waals surface area (Å²) in [5.41, 5.74) is -0.0598. The molecular formula is C30H42N4O5. The summed E-state index contributed by atoms with van der Waals surface area (Å²) in [5, 5.41) is 27.6. The molecule has 0 atom stereocenters. The first-order valence-corrected chi connectivity index (χ1v) is 14.5. The van der Waals surface area contributed by atoms with Gasteiger partial charge < -0.3 is 20.5 Å². The van der Waals surface area contributed by atoms with Gasteiger partial charge in [-0.3, -0.25) is 14.9 Å². The number of hydrogen-bond donors (Lipinski definition) is 3. The molecule has 2 aliphatic rings. The summed E-state index contributed by atoms with van der Waals surface area (Å²) in [6, 6.07) is 10.8. The van der Waals surface area contributed by atoms with Crippen LogP contribution < -0.4 is 15.4 Å². The van der Waals surface area contributed by atoms with Gasteiger partial charge in [-0.2, -0.15) is 0 Å². The molecule has 0 radical (unpaired) electrons. The van der Waals surface area contributed by atoms with Crippen molar-refractivity contribution in [3.8, 4) is 11.6 Å². The second kappa shape index (κ2) is 14.4. The summed E-state index contributed by atoms with van der Waals surface area (Å²) >= 11 is 0. The van der Waals surface area contributed by atoms with Gasteiger partial charge in [-0.15, -0.1) is 0 Å². The van der Waals surface area contributed by atoms with Gasteiger partial charge in [0.25, 0.3) is 5.69 Å². The fourth-order valence-electron chi connectivity index (χ4n) is 6.75. The second-order valence-electron chi connectivity index (χ2n) is 10.9. The highest BCUT2D eigenvalue weighted by molar-refractivity contribution is 5.83. The maximum atomic E-state index is 13.9. The topological polar surface area (TPSA) is 127 Å². The molecule has 3 N–H and O–H groups in total. The number of nitrogens with zero attached hydrogens (tertiary/aromatic N) is 2. The summed E-state index contributed by atoms with van der Waals surface area (Å²) in [4.78, 5) is 29.3. The number of nitrogens with one attached hydrogen (secondary N) is 2. The van der Waals surface area contributed by atoms with E-state index in [1.165, 1.54) is 19.0 Å². The number of para-hydroxylation sites is 1. The van der Waals surface area contributed by atoms with E-state index in [0.29, 0.717) is 42.0 Å². The van der Waals surface area contributed by atoms with Crippen molar-refractivity contribution in [2.24, 2.45) is 17.3 Å². The van der Waals surface area contributed by atoms with Crippen LogP contribution in [0.25, 0.3) is 0 Å². The molecule has 1 amide bonds. The van der Waals surface area contributed by atoms with Crippen LogP contribution >= 0.6 is 0 Å². The third-order valence-electron chi connectivity index (χ3n) is 8.62. The molecule has 2 aliphatic carbocycles. The average molecular weight is 539 g/mol. The molecule has 2 aromatic rings. The average Bonchev–Trinajstić information content (AvgIpc) is 2.97. The van der Waals surface area contributed by atoms with Crippen LogP contribution in [0.3, 0.4) is 0 Å². The van der Waals surface area contributed by atoms with E-state index in [2.05, 4.69) is 15.6 Å². The zero-order valence-electron chi connectivity index (χ0n) is 22.8. The van der Waals surface area contributed by atoms with E-state index >= 15 is 0 Å². The van der Waals surface area contributed by atoms with Gasteiger partial charge in [-0.25, -0.2) is 4.98 Å². The second-order valence-corrected chi connectivity index (χ2v) is 10.9. The van der Waals surface area contributed by atoms with E-state index < -0.39 is 10.3 Å². The minimum absolute atomic E-state index is 0.0607. The van der Waals surface area contributed by atoms with Gasteiger partial charge in [0.15, 0.2) is 0 Å². The Kier molecular flexibility index (Phi) is 10.7. The van der Waals surface area contributed by atoms with Gasteiger partial charge in [0.05, 0.1) is 22.5 Å². The highest BCUT2D eigenvalue weighted by Gasteiger charge is 2.50. The van der Waals surface area contributed by atoms with E-state index in [0.717, 1.165) is 51.4 Å². The number of rotatable bonds is 13. The molecule has 0 aliphatic heterocycles. The van der Waals surface area contributed by atoms with Crippen molar-refractivity contribution in [3.63, 3.8) is 0 Å².